The number of anilines is 1. The number of carbonyl (C=O) groups is 3. The molecular formula is C46H52N6O7. The van der Waals surface area contributed by atoms with Crippen molar-refractivity contribution in [3.05, 3.63) is 130 Å². The molecule has 6 N–H and O–H groups in total. The first-order chi connectivity index (χ1) is 28.7. The molecule has 1 atom stereocenters. The zero-order chi connectivity index (χ0) is 41.1. The van der Waals surface area contributed by atoms with Gasteiger partial charge in [-0.3, -0.25) is 19.7 Å². The summed E-state index contributed by atoms with van der Waals surface area (Å²) in [4.78, 5) is 57.3. The molecule has 59 heavy (non-hydrogen) atoms. The molecule has 0 aliphatic carbocycles. The lowest BCUT2D eigenvalue weighted by molar-refractivity contribution is -0.133. The number of amides is 3. The van der Waals surface area contributed by atoms with Crippen LogP contribution in [0.3, 0.4) is 0 Å². The predicted molar refractivity (Wildman–Crippen MR) is 227 cm³/mol. The van der Waals surface area contributed by atoms with Gasteiger partial charge >= 0.3 is 6.09 Å². The summed E-state index contributed by atoms with van der Waals surface area (Å²) in [5.74, 6) is 0.252. The molecular weight excluding hydrogens is 749 g/mol. The van der Waals surface area contributed by atoms with E-state index in [0.717, 1.165) is 55.5 Å². The number of benzene rings is 4. The number of aliphatic hydroxyl groups is 1. The number of phenolic OH excluding ortho intramolecular Hbond substituents is 1. The van der Waals surface area contributed by atoms with E-state index in [1.807, 2.05) is 71.6 Å². The first kappa shape index (κ1) is 41.2. The first-order valence-electron chi connectivity index (χ1n) is 20.4. The van der Waals surface area contributed by atoms with Crippen molar-refractivity contribution in [3.8, 4) is 16.9 Å². The summed E-state index contributed by atoms with van der Waals surface area (Å²) in [7, 11) is 0. The highest BCUT2D eigenvalue weighted by atomic mass is 16.6. The molecule has 13 nitrogen and oxygen atoms in total. The Hall–Kier alpha value is -6.02. The third kappa shape index (κ3) is 10.9. The van der Waals surface area contributed by atoms with Gasteiger partial charge in [0.1, 0.15) is 11.9 Å². The predicted octanol–water partition coefficient (Wildman–Crippen LogP) is 5.80. The topological polar surface area (TPSA) is 176 Å². The van der Waals surface area contributed by atoms with Crippen LogP contribution in [-0.2, 0) is 16.1 Å². The Bertz CT molecular complexity index is 2270. The van der Waals surface area contributed by atoms with Gasteiger partial charge in [-0.15, -0.1) is 0 Å². The van der Waals surface area contributed by atoms with Crippen LogP contribution in [0.1, 0.15) is 59.7 Å². The number of hydrogen-bond acceptors (Lipinski definition) is 9. The van der Waals surface area contributed by atoms with Crippen molar-refractivity contribution in [2.75, 3.05) is 51.1 Å². The molecule has 4 aromatic carbocycles. The van der Waals surface area contributed by atoms with Crippen molar-refractivity contribution < 1.29 is 29.3 Å². The molecule has 5 aromatic rings. The molecule has 2 aliphatic rings. The Kier molecular flexibility index (Phi) is 13.7. The van der Waals surface area contributed by atoms with Crippen molar-refractivity contribution >= 4 is 34.5 Å². The monoisotopic (exact) mass is 800 g/mol. The Morgan fingerprint density at radius 3 is 2.32 bits per heavy atom. The maximum atomic E-state index is 13.1. The van der Waals surface area contributed by atoms with Crippen LogP contribution in [0, 0.1) is 5.92 Å². The molecule has 3 amide bonds. The van der Waals surface area contributed by atoms with E-state index in [1.165, 1.54) is 12.1 Å². The molecule has 2 fully saturated rings. The fourth-order valence-corrected chi connectivity index (χ4v) is 7.93. The van der Waals surface area contributed by atoms with Gasteiger partial charge in [0, 0.05) is 81.4 Å². The van der Waals surface area contributed by atoms with Gasteiger partial charge in [-0.25, -0.2) is 4.79 Å². The molecule has 3 heterocycles. The summed E-state index contributed by atoms with van der Waals surface area (Å²) in [6.45, 7) is 4.84. The number of aromatic hydroxyl groups is 1. The summed E-state index contributed by atoms with van der Waals surface area (Å²) >= 11 is 0. The van der Waals surface area contributed by atoms with Crippen LogP contribution in [-0.4, -0.2) is 94.8 Å². The number of nitrogens with one attached hydrogen (secondary N) is 4. The number of carbonyl (C=O) groups excluding carboxylic acids is 3. The largest absolute Gasteiger partial charge is 0.506 e. The number of likely N-dealkylation sites (tertiary alicyclic amines) is 2. The summed E-state index contributed by atoms with van der Waals surface area (Å²) in [6.07, 6.45) is 2.07. The maximum Gasteiger partial charge on any atom is 0.411 e. The second kappa shape index (κ2) is 19.6. The van der Waals surface area contributed by atoms with Crippen molar-refractivity contribution in [1.29, 1.82) is 0 Å². The summed E-state index contributed by atoms with van der Waals surface area (Å²) in [5, 5.41) is 30.7. The fraction of sp³-hybridized carbons (Fsp3) is 0.348. The number of fused-ring (bicyclic) bond motifs is 1. The third-order valence-corrected chi connectivity index (χ3v) is 11.4. The van der Waals surface area contributed by atoms with E-state index in [1.54, 1.807) is 24.3 Å². The standard InChI is InChI=1S/C46H52N6O7/c53-40-16-14-37(38-15-17-42(55)50-44(38)40)41(54)30-47-28-31-10-12-34(13-11-31)45(57)48-29-32-18-26-52(27-19-32)43(56)22-25-51-23-20-35(21-24-51)59-46(58)49-39-9-5-4-8-36(39)33-6-2-1-3-7-33/h1-17,32,35,41,47,53-54H,18-30H2,(H,48,57)(H,49,58)(H,50,55)/t41-/m0/s1. The second-order valence-corrected chi connectivity index (χ2v) is 15.4. The fourth-order valence-electron chi connectivity index (χ4n) is 7.93. The van der Waals surface area contributed by atoms with Gasteiger partial charge in [0.05, 0.1) is 17.3 Å². The molecule has 0 unspecified atom stereocenters. The number of nitrogens with zero attached hydrogens (tertiary/aromatic N) is 2. The van der Waals surface area contributed by atoms with E-state index in [9.17, 15) is 29.4 Å². The van der Waals surface area contributed by atoms with E-state index < -0.39 is 12.2 Å². The van der Waals surface area contributed by atoms with E-state index in [0.29, 0.717) is 67.3 Å². The normalized spacial score (nSPS) is 15.8. The van der Waals surface area contributed by atoms with Crippen LogP contribution in [0.15, 0.2) is 108 Å². The number of rotatable bonds is 14. The minimum atomic E-state index is -0.868. The van der Waals surface area contributed by atoms with E-state index in [-0.39, 0.29) is 41.3 Å². The number of aliphatic hydroxyl groups excluding tert-OH is 1. The molecule has 0 radical (unpaired) electrons. The highest BCUT2D eigenvalue weighted by molar-refractivity contribution is 5.94. The molecule has 13 heteroatoms. The van der Waals surface area contributed by atoms with Crippen molar-refractivity contribution in [2.45, 2.75) is 50.9 Å². The third-order valence-electron chi connectivity index (χ3n) is 11.4. The highest BCUT2D eigenvalue weighted by Gasteiger charge is 2.26. The second-order valence-electron chi connectivity index (χ2n) is 15.4. The Morgan fingerprint density at radius 2 is 1.56 bits per heavy atom. The Balaban J connectivity index is 0.757. The number of para-hydroxylation sites is 1. The maximum absolute atomic E-state index is 13.1. The zero-order valence-electron chi connectivity index (χ0n) is 33.1. The number of aromatic amines is 1. The quantitative estimate of drug-likeness (QED) is 0.0812. The van der Waals surface area contributed by atoms with Crippen LogP contribution < -0.4 is 21.5 Å². The molecule has 0 bridgehead atoms. The van der Waals surface area contributed by atoms with Crippen molar-refractivity contribution in [2.24, 2.45) is 5.92 Å². The van der Waals surface area contributed by atoms with Crippen LogP contribution in [0.2, 0.25) is 0 Å². The zero-order valence-corrected chi connectivity index (χ0v) is 33.1. The van der Waals surface area contributed by atoms with Crippen LogP contribution in [0.25, 0.3) is 22.0 Å². The summed E-state index contributed by atoms with van der Waals surface area (Å²) in [5.41, 5.74) is 4.72. The molecule has 0 spiro atoms. The molecule has 0 saturated carbocycles. The van der Waals surface area contributed by atoms with E-state index in [4.69, 9.17) is 4.74 Å². The lowest BCUT2D eigenvalue weighted by Crippen LogP contribution is -2.43. The van der Waals surface area contributed by atoms with Gasteiger partial charge in [-0.05, 0) is 78.6 Å². The summed E-state index contributed by atoms with van der Waals surface area (Å²) < 4.78 is 5.78. The average Bonchev–Trinajstić information content (AvgIpc) is 3.26. The van der Waals surface area contributed by atoms with Gasteiger partial charge < -0.3 is 40.4 Å². The number of ether oxygens (including phenoxy) is 1. The average molecular weight is 801 g/mol. The number of piperidine rings is 2. The highest BCUT2D eigenvalue weighted by Crippen LogP contribution is 2.30. The van der Waals surface area contributed by atoms with Crippen LogP contribution in [0.4, 0.5) is 10.5 Å². The molecule has 308 valence electrons. The van der Waals surface area contributed by atoms with Gasteiger partial charge in [0.2, 0.25) is 11.5 Å². The van der Waals surface area contributed by atoms with Crippen molar-refractivity contribution in [1.82, 2.24) is 25.4 Å². The van der Waals surface area contributed by atoms with Gasteiger partial charge in [-0.1, -0.05) is 66.7 Å². The first-order valence-corrected chi connectivity index (χ1v) is 20.4. The van der Waals surface area contributed by atoms with Gasteiger partial charge in [-0.2, -0.15) is 0 Å². The summed E-state index contributed by atoms with van der Waals surface area (Å²) in [6, 6.07) is 31.0. The van der Waals surface area contributed by atoms with Crippen molar-refractivity contribution in [3.63, 3.8) is 0 Å². The van der Waals surface area contributed by atoms with E-state index >= 15 is 0 Å². The lowest BCUT2D eigenvalue weighted by Gasteiger charge is -2.34. The molecule has 7 rings (SSSR count). The van der Waals surface area contributed by atoms with Gasteiger partial charge in [0.25, 0.3) is 5.91 Å². The Morgan fingerprint density at radius 1 is 0.831 bits per heavy atom. The SMILES string of the molecule is O=C(Nc1ccccc1-c1ccccc1)OC1CCN(CCC(=O)N2CCC(CNC(=O)c3ccc(CNC[C@H](O)c4ccc(O)c5[nH]c(=O)ccc45)cc3)CC2)CC1. The Labute approximate surface area is 343 Å². The molecule has 2 saturated heterocycles. The number of H-pyrrole nitrogens is 1. The number of hydrogen-bond donors (Lipinski definition) is 6. The van der Waals surface area contributed by atoms with Crippen LogP contribution in [0.5, 0.6) is 5.75 Å². The molecule has 2 aliphatic heterocycles. The number of aromatic nitrogens is 1. The molecule has 1 aromatic heterocycles. The number of phenols is 1. The smallest absolute Gasteiger partial charge is 0.411 e. The van der Waals surface area contributed by atoms with Crippen LogP contribution >= 0.6 is 0 Å². The minimum absolute atomic E-state index is 0.0573. The lowest BCUT2D eigenvalue weighted by atomic mass is 9.96. The number of pyridine rings is 1. The van der Waals surface area contributed by atoms with E-state index in [2.05, 4.69) is 25.8 Å². The van der Waals surface area contributed by atoms with Gasteiger partial charge in [0.15, 0.2) is 0 Å². The minimum Gasteiger partial charge on any atom is -0.506 e.